The standard InChI is InChI=1S/C11H21NO3/c1-3-12-10(13)8-6-5-7-9-11(14)15-4-2/h3-9H2,1-2H3,(H,12,13). The normalized spacial score (nSPS) is 9.73. The van der Waals surface area contributed by atoms with Crippen LogP contribution in [0.1, 0.15) is 46.0 Å². The van der Waals surface area contributed by atoms with Gasteiger partial charge < -0.3 is 10.1 Å². The lowest BCUT2D eigenvalue weighted by atomic mass is 10.1. The van der Waals surface area contributed by atoms with Gasteiger partial charge in [-0.15, -0.1) is 0 Å². The summed E-state index contributed by atoms with van der Waals surface area (Å²) in [5.41, 5.74) is 0. The van der Waals surface area contributed by atoms with Gasteiger partial charge in [0.15, 0.2) is 0 Å². The first kappa shape index (κ1) is 13.9. The summed E-state index contributed by atoms with van der Waals surface area (Å²) < 4.78 is 4.79. The third-order valence-electron chi connectivity index (χ3n) is 1.96. The molecule has 0 spiro atoms. The smallest absolute Gasteiger partial charge is 0.305 e. The highest BCUT2D eigenvalue weighted by Gasteiger charge is 2.02. The molecule has 88 valence electrons. The topological polar surface area (TPSA) is 55.4 Å². The van der Waals surface area contributed by atoms with E-state index in [0.29, 0.717) is 26.0 Å². The average molecular weight is 215 g/mol. The lowest BCUT2D eigenvalue weighted by molar-refractivity contribution is -0.143. The Labute approximate surface area is 91.4 Å². The molecule has 0 aromatic rings. The van der Waals surface area contributed by atoms with Crippen LogP contribution in [0.25, 0.3) is 0 Å². The minimum Gasteiger partial charge on any atom is -0.466 e. The van der Waals surface area contributed by atoms with Crippen molar-refractivity contribution in [2.24, 2.45) is 0 Å². The predicted molar refractivity (Wildman–Crippen MR) is 58.4 cm³/mol. The van der Waals surface area contributed by atoms with Crippen LogP contribution in [0.15, 0.2) is 0 Å². The largest absolute Gasteiger partial charge is 0.466 e. The van der Waals surface area contributed by atoms with Crippen LogP contribution >= 0.6 is 0 Å². The third-order valence-corrected chi connectivity index (χ3v) is 1.96. The molecule has 0 saturated heterocycles. The Morgan fingerprint density at radius 1 is 1.07 bits per heavy atom. The van der Waals surface area contributed by atoms with Crippen LogP contribution in [0.4, 0.5) is 0 Å². The minimum atomic E-state index is -0.143. The van der Waals surface area contributed by atoms with Crippen LogP contribution in [0.5, 0.6) is 0 Å². The van der Waals surface area contributed by atoms with Gasteiger partial charge in [0.25, 0.3) is 0 Å². The predicted octanol–water partition coefficient (Wildman–Crippen LogP) is 1.64. The van der Waals surface area contributed by atoms with E-state index in [2.05, 4.69) is 5.32 Å². The molecule has 0 atom stereocenters. The van der Waals surface area contributed by atoms with E-state index in [0.717, 1.165) is 19.3 Å². The SMILES string of the molecule is CCNC(=O)CCCCCC(=O)OCC. The molecule has 0 fully saturated rings. The maximum absolute atomic E-state index is 11.0. The van der Waals surface area contributed by atoms with Crippen LogP contribution < -0.4 is 5.32 Å². The molecule has 0 heterocycles. The van der Waals surface area contributed by atoms with Crippen LogP contribution in [-0.2, 0) is 14.3 Å². The van der Waals surface area contributed by atoms with Crippen LogP contribution in [0.3, 0.4) is 0 Å². The van der Waals surface area contributed by atoms with Crippen molar-refractivity contribution in [3.63, 3.8) is 0 Å². The Balaban J connectivity index is 3.24. The van der Waals surface area contributed by atoms with Gasteiger partial charge in [0.2, 0.25) is 5.91 Å². The van der Waals surface area contributed by atoms with Crippen molar-refractivity contribution in [3.8, 4) is 0 Å². The molecule has 0 saturated carbocycles. The molecule has 1 N–H and O–H groups in total. The van der Waals surface area contributed by atoms with Crippen molar-refractivity contribution in [2.45, 2.75) is 46.0 Å². The molecule has 0 radical (unpaired) electrons. The van der Waals surface area contributed by atoms with Crippen LogP contribution in [0, 0.1) is 0 Å². The molecule has 0 aliphatic carbocycles. The number of amides is 1. The van der Waals surface area contributed by atoms with Crippen molar-refractivity contribution in [3.05, 3.63) is 0 Å². The number of ether oxygens (including phenoxy) is 1. The van der Waals surface area contributed by atoms with Crippen molar-refractivity contribution >= 4 is 11.9 Å². The van der Waals surface area contributed by atoms with Gasteiger partial charge in [-0.2, -0.15) is 0 Å². The number of carbonyl (C=O) groups excluding carboxylic acids is 2. The number of esters is 1. The Morgan fingerprint density at radius 2 is 1.73 bits per heavy atom. The molecular formula is C11H21NO3. The Morgan fingerprint density at radius 3 is 2.33 bits per heavy atom. The lowest BCUT2D eigenvalue weighted by Crippen LogP contribution is -2.22. The highest BCUT2D eigenvalue weighted by molar-refractivity contribution is 5.75. The molecule has 0 aromatic heterocycles. The number of nitrogens with one attached hydrogen (secondary N) is 1. The third kappa shape index (κ3) is 9.25. The summed E-state index contributed by atoms with van der Waals surface area (Å²) >= 11 is 0. The molecule has 1 amide bonds. The number of hydrogen-bond acceptors (Lipinski definition) is 3. The van der Waals surface area contributed by atoms with E-state index in [1.54, 1.807) is 6.92 Å². The van der Waals surface area contributed by atoms with Gasteiger partial charge >= 0.3 is 5.97 Å². The number of rotatable bonds is 8. The Bertz CT molecular complexity index is 172. The van der Waals surface area contributed by atoms with E-state index in [1.165, 1.54) is 0 Å². The molecule has 0 aliphatic rings. The van der Waals surface area contributed by atoms with E-state index in [1.807, 2.05) is 6.92 Å². The van der Waals surface area contributed by atoms with Gasteiger partial charge in [-0.3, -0.25) is 9.59 Å². The summed E-state index contributed by atoms with van der Waals surface area (Å²) in [5, 5.41) is 2.73. The van der Waals surface area contributed by atoms with Crippen LogP contribution in [-0.4, -0.2) is 25.0 Å². The van der Waals surface area contributed by atoms with E-state index >= 15 is 0 Å². The first-order valence-electron chi connectivity index (χ1n) is 5.63. The number of hydrogen-bond donors (Lipinski definition) is 1. The number of unbranched alkanes of at least 4 members (excludes halogenated alkanes) is 2. The quantitative estimate of drug-likeness (QED) is 0.494. The molecule has 0 unspecified atom stereocenters. The van der Waals surface area contributed by atoms with Crippen LogP contribution in [0.2, 0.25) is 0 Å². The maximum Gasteiger partial charge on any atom is 0.305 e. The fraction of sp³-hybridized carbons (Fsp3) is 0.818. The van der Waals surface area contributed by atoms with Crippen molar-refractivity contribution < 1.29 is 14.3 Å². The summed E-state index contributed by atoms with van der Waals surface area (Å²) in [4.78, 5) is 22.0. The molecule has 0 bridgehead atoms. The van der Waals surface area contributed by atoms with Gasteiger partial charge in [-0.05, 0) is 26.7 Å². The van der Waals surface area contributed by atoms with E-state index in [-0.39, 0.29) is 11.9 Å². The van der Waals surface area contributed by atoms with E-state index in [4.69, 9.17) is 4.74 Å². The summed E-state index contributed by atoms with van der Waals surface area (Å²) in [7, 11) is 0. The van der Waals surface area contributed by atoms with E-state index < -0.39 is 0 Å². The summed E-state index contributed by atoms with van der Waals surface area (Å²) in [6.45, 7) is 4.82. The second-order valence-corrected chi connectivity index (χ2v) is 3.32. The van der Waals surface area contributed by atoms with Gasteiger partial charge in [0.05, 0.1) is 6.61 Å². The Hall–Kier alpha value is -1.06. The number of carbonyl (C=O) groups is 2. The molecule has 4 nitrogen and oxygen atoms in total. The first-order valence-corrected chi connectivity index (χ1v) is 5.63. The van der Waals surface area contributed by atoms with Gasteiger partial charge in [0.1, 0.15) is 0 Å². The zero-order valence-electron chi connectivity index (χ0n) is 9.67. The zero-order chi connectivity index (χ0) is 11.5. The molecule has 0 aromatic carbocycles. The minimum absolute atomic E-state index is 0.0913. The molecule has 0 rings (SSSR count). The first-order chi connectivity index (χ1) is 7.20. The highest BCUT2D eigenvalue weighted by atomic mass is 16.5. The van der Waals surface area contributed by atoms with E-state index in [9.17, 15) is 9.59 Å². The summed E-state index contributed by atoms with van der Waals surface area (Å²) in [5.74, 6) is -0.0517. The van der Waals surface area contributed by atoms with Crippen molar-refractivity contribution in [2.75, 3.05) is 13.2 Å². The Kier molecular flexibility index (Phi) is 8.82. The fourth-order valence-corrected chi connectivity index (χ4v) is 1.25. The lowest BCUT2D eigenvalue weighted by Gasteiger charge is -2.02. The molecule has 15 heavy (non-hydrogen) atoms. The molecule has 4 heteroatoms. The summed E-state index contributed by atoms with van der Waals surface area (Å²) in [6, 6.07) is 0. The highest BCUT2D eigenvalue weighted by Crippen LogP contribution is 2.03. The van der Waals surface area contributed by atoms with Gasteiger partial charge in [0, 0.05) is 19.4 Å². The van der Waals surface area contributed by atoms with Gasteiger partial charge in [-0.25, -0.2) is 0 Å². The average Bonchev–Trinajstić information content (AvgIpc) is 2.18. The zero-order valence-corrected chi connectivity index (χ0v) is 9.67. The second kappa shape index (κ2) is 9.49. The second-order valence-electron chi connectivity index (χ2n) is 3.32. The monoisotopic (exact) mass is 215 g/mol. The van der Waals surface area contributed by atoms with Gasteiger partial charge in [-0.1, -0.05) is 6.42 Å². The summed E-state index contributed by atoms with van der Waals surface area (Å²) in [6.07, 6.45) is 3.55. The molecule has 0 aliphatic heterocycles. The van der Waals surface area contributed by atoms with Crippen molar-refractivity contribution in [1.29, 1.82) is 0 Å². The molecular weight excluding hydrogens is 194 g/mol. The van der Waals surface area contributed by atoms with Crippen molar-refractivity contribution in [1.82, 2.24) is 5.32 Å². The fourth-order valence-electron chi connectivity index (χ4n) is 1.25. The maximum atomic E-state index is 11.0.